The fourth-order valence-corrected chi connectivity index (χ4v) is 2.96. The van der Waals surface area contributed by atoms with Crippen molar-refractivity contribution < 1.29 is 0 Å². The van der Waals surface area contributed by atoms with Crippen LogP contribution in [0, 0.1) is 0 Å². The Bertz CT molecular complexity index is 673. The first-order valence-electron chi connectivity index (χ1n) is 6.65. The summed E-state index contributed by atoms with van der Waals surface area (Å²) >= 11 is 1.87. The third-order valence-electron chi connectivity index (χ3n) is 2.94. The maximum atomic E-state index is 4.42. The van der Waals surface area contributed by atoms with E-state index in [0.29, 0.717) is 0 Å². The second-order valence-electron chi connectivity index (χ2n) is 4.37. The molecule has 102 valence electrons. The van der Waals surface area contributed by atoms with Gasteiger partial charge in [-0.3, -0.25) is 4.57 Å². The third kappa shape index (κ3) is 2.49. The van der Waals surface area contributed by atoms with Gasteiger partial charge in [-0.2, -0.15) is 0 Å². The predicted octanol–water partition coefficient (Wildman–Crippen LogP) is 3.76. The summed E-state index contributed by atoms with van der Waals surface area (Å²) in [5.41, 5.74) is 1.15. The van der Waals surface area contributed by atoms with E-state index in [9.17, 15) is 0 Å². The highest BCUT2D eigenvalue weighted by molar-refractivity contribution is 7.99. The van der Waals surface area contributed by atoms with Gasteiger partial charge in [-0.25, -0.2) is 9.97 Å². The normalized spacial score (nSPS) is 10.8. The molecule has 4 nitrogen and oxygen atoms in total. The zero-order valence-corrected chi connectivity index (χ0v) is 12.1. The number of H-pyrrole nitrogens is 1. The SMILES string of the molecule is CCCSc1ccccc1-n1ccnc1-c1ncc[nH]1. The van der Waals surface area contributed by atoms with E-state index in [0.717, 1.165) is 29.5 Å². The van der Waals surface area contributed by atoms with Gasteiger partial charge in [0.25, 0.3) is 0 Å². The quantitative estimate of drug-likeness (QED) is 0.726. The van der Waals surface area contributed by atoms with Gasteiger partial charge in [0.05, 0.1) is 5.69 Å². The van der Waals surface area contributed by atoms with Crippen LogP contribution >= 0.6 is 11.8 Å². The van der Waals surface area contributed by atoms with E-state index < -0.39 is 0 Å². The molecule has 3 rings (SSSR count). The first-order valence-corrected chi connectivity index (χ1v) is 7.64. The first kappa shape index (κ1) is 13.0. The van der Waals surface area contributed by atoms with Crippen molar-refractivity contribution in [2.24, 2.45) is 0 Å². The molecule has 0 spiro atoms. The van der Waals surface area contributed by atoms with Crippen LogP contribution in [0.3, 0.4) is 0 Å². The summed E-state index contributed by atoms with van der Waals surface area (Å²) in [6, 6.07) is 8.40. The average molecular weight is 284 g/mol. The van der Waals surface area contributed by atoms with Crippen molar-refractivity contribution in [1.82, 2.24) is 19.5 Å². The lowest BCUT2D eigenvalue weighted by molar-refractivity contribution is 1.01. The Morgan fingerprint density at radius 3 is 2.90 bits per heavy atom. The summed E-state index contributed by atoms with van der Waals surface area (Å²) in [6.07, 6.45) is 8.49. The van der Waals surface area contributed by atoms with Crippen LogP contribution in [0.1, 0.15) is 13.3 Å². The molecule has 20 heavy (non-hydrogen) atoms. The third-order valence-corrected chi connectivity index (χ3v) is 4.21. The van der Waals surface area contributed by atoms with Crippen molar-refractivity contribution in [1.29, 1.82) is 0 Å². The topological polar surface area (TPSA) is 46.5 Å². The van der Waals surface area contributed by atoms with Crippen molar-refractivity contribution in [3.63, 3.8) is 0 Å². The van der Waals surface area contributed by atoms with Gasteiger partial charge in [0.15, 0.2) is 11.6 Å². The number of hydrogen-bond acceptors (Lipinski definition) is 3. The monoisotopic (exact) mass is 284 g/mol. The van der Waals surface area contributed by atoms with Crippen LogP contribution in [0.5, 0.6) is 0 Å². The van der Waals surface area contributed by atoms with Crippen LogP contribution in [-0.4, -0.2) is 25.3 Å². The highest BCUT2D eigenvalue weighted by Crippen LogP contribution is 2.28. The minimum Gasteiger partial charge on any atom is -0.342 e. The van der Waals surface area contributed by atoms with Crippen molar-refractivity contribution in [2.75, 3.05) is 5.75 Å². The molecule has 1 aromatic carbocycles. The summed E-state index contributed by atoms with van der Waals surface area (Å²) in [5, 5.41) is 0. The Balaban J connectivity index is 2.04. The van der Waals surface area contributed by atoms with E-state index in [4.69, 9.17) is 0 Å². The van der Waals surface area contributed by atoms with Gasteiger partial charge in [-0.15, -0.1) is 11.8 Å². The fraction of sp³-hybridized carbons (Fsp3) is 0.200. The van der Waals surface area contributed by atoms with E-state index in [1.54, 1.807) is 12.4 Å². The molecule has 2 aromatic heterocycles. The van der Waals surface area contributed by atoms with Gasteiger partial charge in [0.1, 0.15) is 0 Å². The molecular weight excluding hydrogens is 268 g/mol. The first-order chi connectivity index (χ1) is 9.90. The van der Waals surface area contributed by atoms with E-state index in [-0.39, 0.29) is 0 Å². The van der Waals surface area contributed by atoms with Crippen molar-refractivity contribution in [3.05, 3.63) is 49.1 Å². The van der Waals surface area contributed by atoms with Crippen LogP contribution in [0.4, 0.5) is 0 Å². The average Bonchev–Trinajstić information content (AvgIpc) is 3.15. The molecular formula is C15H16N4S. The molecule has 0 unspecified atom stereocenters. The summed E-state index contributed by atoms with van der Waals surface area (Å²) < 4.78 is 2.08. The molecule has 0 saturated carbocycles. The smallest absolute Gasteiger partial charge is 0.180 e. The maximum absolute atomic E-state index is 4.42. The molecule has 0 aliphatic heterocycles. The van der Waals surface area contributed by atoms with Gasteiger partial charge in [0.2, 0.25) is 0 Å². The standard InChI is InChI=1S/C15H16N4S/c1-2-11-20-13-6-4-3-5-12(13)19-10-9-18-15(19)14-16-7-8-17-14/h3-10H,2,11H2,1H3,(H,16,17). The number of thioether (sulfide) groups is 1. The van der Waals surface area contributed by atoms with Crippen LogP contribution in [0.15, 0.2) is 53.9 Å². The minimum absolute atomic E-state index is 0.783. The summed E-state index contributed by atoms with van der Waals surface area (Å²) in [4.78, 5) is 13.1. The van der Waals surface area contributed by atoms with E-state index in [1.165, 1.54) is 4.90 Å². The van der Waals surface area contributed by atoms with Crippen molar-refractivity contribution in [3.8, 4) is 17.3 Å². The number of aromatic amines is 1. The van der Waals surface area contributed by atoms with E-state index in [1.807, 2.05) is 24.2 Å². The van der Waals surface area contributed by atoms with Gasteiger partial charge in [-0.05, 0) is 24.3 Å². The highest BCUT2D eigenvalue weighted by atomic mass is 32.2. The Labute approximate surface area is 122 Å². The van der Waals surface area contributed by atoms with Crippen LogP contribution in [0.25, 0.3) is 17.3 Å². The summed E-state index contributed by atoms with van der Waals surface area (Å²) in [7, 11) is 0. The zero-order valence-electron chi connectivity index (χ0n) is 11.3. The van der Waals surface area contributed by atoms with Crippen LogP contribution < -0.4 is 0 Å². The molecule has 5 heteroatoms. The molecule has 0 radical (unpaired) electrons. The van der Waals surface area contributed by atoms with E-state index >= 15 is 0 Å². The lowest BCUT2D eigenvalue weighted by Gasteiger charge is -2.11. The second kappa shape index (κ2) is 5.96. The van der Waals surface area contributed by atoms with Crippen LogP contribution in [0.2, 0.25) is 0 Å². The molecule has 0 saturated heterocycles. The molecule has 0 aliphatic rings. The number of rotatable bonds is 5. The van der Waals surface area contributed by atoms with Crippen molar-refractivity contribution >= 4 is 11.8 Å². The molecule has 0 amide bonds. The maximum Gasteiger partial charge on any atom is 0.180 e. The Kier molecular flexibility index (Phi) is 3.87. The number of para-hydroxylation sites is 1. The largest absolute Gasteiger partial charge is 0.342 e. The fourth-order valence-electron chi connectivity index (χ4n) is 2.05. The molecule has 1 N–H and O–H groups in total. The Morgan fingerprint density at radius 1 is 1.20 bits per heavy atom. The number of aromatic nitrogens is 4. The lowest BCUT2D eigenvalue weighted by atomic mass is 10.3. The summed E-state index contributed by atoms with van der Waals surface area (Å²) in [6.45, 7) is 2.20. The molecule has 0 bridgehead atoms. The Hall–Kier alpha value is -2.01. The molecule has 3 aromatic rings. The molecule has 0 atom stereocenters. The second-order valence-corrected chi connectivity index (χ2v) is 5.51. The molecule has 0 fully saturated rings. The van der Waals surface area contributed by atoms with Gasteiger partial charge in [-0.1, -0.05) is 19.1 Å². The number of imidazole rings is 2. The minimum atomic E-state index is 0.783. The predicted molar refractivity (Wildman–Crippen MR) is 82.2 cm³/mol. The number of nitrogens with zero attached hydrogens (tertiary/aromatic N) is 3. The molecule has 0 aliphatic carbocycles. The van der Waals surface area contributed by atoms with Crippen LogP contribution in [-0.2, 0) is 0 Å². The number of benzene rings is 1. The Morgan fingerprint density at radius 2 is 2.10 bits per heavy atom. The van der Waals surface area contributed by atoms with E-state index in [2.05, 4.69) is 50.7 Å². The summed E-state index contributed by atoms with van der Waals surface area (Å²) in [5.74, 6) is 2.73. The lowest BCUT2D eigenvalue weighted by Crippen LogP contribution is -1.99. The van der Waals surface area contributed by atoms with Gasteiger partial charge in [0, 0.05) is 29.7 Å². The number of hydrogen-bond donors (Lipinski definition) is 1. The highest BCUT2D eigenvalue weighted by Gasteiger charge is 2.12. The zero-order chi connectivity index (χ0) is 13.8. The molecule has 2 heterocycles. The van der Waals surface area contributed by atoms with Gasteiger partial charge < -0.3 is 4.98 Å². The number of nitrogens with one attached hydrogen (secondary N) is 1. The van der Waals surface area contributed by atoms with Gasteiger partial charge >= 0.3 is 0 Å². The van der Waals surface area contributed by atoms with Crippen molar-refractivity contribution in [2.45, 2.75) is 18.2 Å².